The van der Waals surface area contributed by atoms with Crippen LogP contribution in [0.5, 0.6) is 0 Å². The van der Waals surface area contributed by atoms with Crippen LogP contribution in [-0.4, -0.2) is 21.9 Å². The number of rotatable bonds is 3. The molecule has 2 N–H and O–H groups in total. The Labute approximate surface area is 80.6 Å². The molecule has 3 nitrogen and oxygen atoms in total. The maximum absolute atomic E-state index is 13.2. The van der Waals surface area contributed by atoms with Crippen molar-refractivity contribution >= 4 is 10.9 Å². The highest BCUT2D eigenvalue weighted by Crippen LogP contribution is 2.19. The number of aromatic nitrogens is 2. The Kier molecular flexibility index (Phi) is 2.45. The van der Waals surface area contributed by atoms with E-state index in [1.165, 1.54) is 6.07 Å². The molecule has 2 rings (SSSR count). The van der Waals surface area contributed by atoms with Crippen LogP contribution in [0, 0.1) is 5.82 Å². The second kappa shape index (κ2) is 3.75. The number of aliphatic hydroxyl groups excluding tert-OH is 1. The molecule has 0 atom stereocenters. The fourth-order valence-electron chi connectivity index (χ4n) is 1.50. The number of halogens is 1. The number of nitrogens with one attached hydrogen (secondary N) is 1. The van der Waals surface area contributed by atoms with Gasteiger partial charge in [-0.2, -0.15) is 5.10 Å². The number of benzene rings is 1. The van der Waals surface area contributed by atoms with Gasteiger partial charge >= 0.3 is 0 Å². The van der Waals surface area contributed by atoms with E-state index in [9.17, 15) is 4.39 Å². The SMILES string of the molecule is OCCCc1[nH]nc2c(F)cccc12. The van der Waals surface area contributed by atoms with E-state index < -0.39 is 0 Å². The van der Waals surface area contributed by atoms with E-state index in [1.54, 1.807) is 6.07 Å². The molecule has 2 aromatic rings. The first-order valence-corrected chi connectivity index (χ1v) is 4.55. The molecule has 0 saturated carbocycles. The third-order valence-corrected chi connectivity index (χ3v) is 2.20. The van der Waals surface area contributed by atoms with Crippen molar-refractivity contribution in [1.82, 2.24) is 10.2 Å². The topological polar surface area (TPSA) is 48.9 Å². The lowest BCUT2D eigenvalue weighted by molar-refractivity contribution is 0.288. The first-order valence-electron chi connectivity index (χ1n) is 4.55. The number of H-pyrrole nitrogens is 1. The number of nitrogens with zero attached hydrogens (tertiary/aromatic N) is 1. The van der Waals surface area contributed by atoms with Crippen molar-refractivity contribution in [3.05, 3.63) is 29.7 Å². The Hall–Kier alpha value is -1.42. The van der Waals surface area contributed by atoms with Gasteiger partial charge in [-0.15, -0.1) is 0 Å². The van der Waals surface area contributed by atoms with Crippen LogP contribution in [0.15, 0.2) is 18.2 Å². The Morgan fingerprint density at radius 2 is 2.29 bits per heavy atom. The van der Waals surface area contributed by atoms with E-state index in [0.29, 0.717) is 18.4 Å². The van der Waals surface area contributed by atoms with Gasteiger partial charge in [-0.3, -0.25) is 5.10 Å². The van der Waals surface area contributed by atoms with Crippen molar-refractivity contribution in [2.75, 3.05) is 6.61 Å². The molecule has 0 spiro atoms. The normalized spacial score (nSPS) is 11.0. The molecule has 0 aliphatic heterocycles. The first-order chi connectivity index (χ1) is 6.83. The third-order valence-electron chi connectivity index (χ3n) is 2.20. The molecule has 0 saturated heterocycles. The van der Waals surface area contributed by atoms with Gasteiger partial charge in [0.25, 0.3) is 0 Å². The molecule has 1 heterocycles. The van der Waals surface area contributed by atoms with Crippen LogP contribution in [0.25, 0.3) is 10.9 Å². The highest BCUT2D eigenvalue weighted by molar-refractivity contribution is 5.81. The van der Waals surface area contributed by atoms with Crippen LogP contribution < -0.4 is 0 Å². The standard InChI is InChI=1S/C10H11FN2O/c11-8-4-1-3-7-9(5-2-6-14)12-13-10(7)8/h1,3-4,14H,2,5-6H2,(H,12,13). The average Bonchev–Trinajstić information content (AvgIpc) is 2.60. The van der Waals surface area contributed by atoms with E-state index in [1.807, 2.05) is 6.07 Å². The Balaban J connectivity index is 2.42. The zero-order chi connectivity index (χ0) is 9.97. The fraction of sp³-hybridized carbons (Fsp3) is 0.300. The number of aliphatic hydroxyl groups is 1. The molecular weight excluding hydrogens is 183 g/mol. The van der Waals surface area contributed by atoms with E-state index >= 15 is 0 Å². The lowest BCUT2D eigenvalue weighted by atomic mass is 10.1. The second-order valence-corrected chi connectivity index (χ2v) is 3.17. The summed E-state index contributed by atoms with van der Waals surface area (Å²) >= 11 is 0. The van der Waals surface area contributed by atoms with Crippen molar-refractivity contribution in [1.29, 1.82) is 0 Å². The fourth-order valence-corrected chi connectivity index (χ4v) is 1.50. The van der Waals surface area contributed by atoms with Gasteiger partial charge in [0.15, 0.2) is 5.82 Å². The molecule has 0 radical (unpaired) electrons. The van der Waals surface area contributed by atoms with E-state index in [-0.39, 0.29) is 12.4 Å². The second-order valence-electron chi connectivity index (χ2n) is 3.17. The summed E-state index contributed by atoms with van der Waals surface area (Å²) in [4.78, 5) is 0. The summed E-state index contributed by atoms with van der Waals surface area (Å²) in [6.07, 6.45) is 1.35. The number of aromatic amines is 1. The van der Waals surface area contributed by atoms with Crippen LogP contribution >= 0.6 is 0 Å². The average molecular weight is 194 g/mol. The molecule has 74 valence electrons. The minimum atomic E-state index is -0.311. The third kappa shape index (κ3) is 1.48. The molecule has 0 bridgehead atoms. The van der Waals surface area contributed by atoms with E-state index in [4.69, 9.17) is 5.11 Å². The smallest absolute Gasteiger partial charge is 0.151 e. The Morgan fingerprint density at radius 3 is 3.07 bits per heavy atom. The maximum Gasteiger partial charge on any atom is 0.151 e. The number of hydrogen-bond donors (Lipinski definition) is 2. The quantitative estimate of drug-likeness (QED) is 0.780. The van der Waals surface area contributed by atoms with Crippen molar-refractivity contribution in [2.45, 2.75) is 12.8 Å². The zero-order valence-electron chi connectivity index (χ0n) is 7.63. The number of fused-ring (bicyclic) bond motifs is 1. The van der Waals surface area contributed by atoms with Gasteiger partial charge in [-0.1, -0.05) is 12.1 Å². The van der Waals surface area contributed by atoms with Gasteiger partial charge in [-0.25, -0.2) is 4.39 Å². The van der Waals surface area contributed by atoms with Gasteiger partial charge in [0.1, 0.15) is 5.52 Å². The summed E-state index contributed by atoms with van der Waals surface area (Å²) < 4.78 is 13.2. The molecule has 1 aromatic heterocycles. The van der Waals surface area contributed by atoms with Crippen molar-refractivity contribution in [3.63, 3.8) is 0 Å². The van der Waals surface area contributed by atoms with E-state index in [0.717, 1.165) is 11.1 Å². The Morgan fingerprint density at radius 1 is 1.43 bits per heavy atom. The van der Waals surface area contributed by atoms with Gasteiger partial charge in [-0.05, 0) is 18.9 Å². The summed E-state index contributed by atoms with van der Waals surface area (Å²) in [5.41, 5.74) is 1.26. The Bertz CT molecular complexity index is 439. The summed E-state index contributed by atoms with van der Waals surface area (Å²) in [6, 6.07) is 4.88. The van der Waals surface area contributed by atoms with Crippen LogP contribution in [0.1, 0.15) is 12.1 Å². The summed E-state index contributed by atoms with van der Waals surface area (Å²) in [5.74, 6) is -0.311. The van der Waals surface area contributed by atoms with Crippen LogP contribution in [0.4, 0.5) is 4.39 Å². The van der Waals surface area contributed by atoms with Crippen LogP contribution in [0.3, 0.4) is 0 Å². The molecule has 0 aliphatic carbocycles. The largest absolute Gasteiger partial charge is 0.396 e. The van der Waals surface area contributed by atoms with Crippen LogP contribution in [-0.2, 0) is 6.42 Å². The van der Waals surface area contributed by atoms with Crippen molar-refractivity contribution in [2.24, 2.45) is 0 Å². The highest BCUT2D eigenvalue weighted by Gasteiger charge is 2.07. The molecular formula is C10H11FN2O. The van der Waals surface area contributed by atoms with Gasteiger partial charge in [0.2, 0.25) is 0 Å². The van der Waals surface area contributed by atoms with E-state index in [2.05, 4.69) is 10.2 Å². The minimum Gasteiger partial charge on any atom is -0.396 e. The first kappa shape index (κ1) is 9.15. The summed E-state index contributed by atoms with van der Waals surface area (Å²) in [5, 5.41) is 16.2. The minimum absolute atomic E-state index is 0.135. The zero-order valence-corrected chi connectivity index (χ0v) is 7.63. The molecule has 0 fully saturated rings. The predicted octanol–water partition coefficient (Wildman–Crippen LogP) is 1.63. The lowest BCUT2D eigenvalue weighted by Gasteiger charge is -1.95. The summed E-state index contributed by atoms with van der Waals surface area (Å²) in [7, 11) is 0. The molecule has 0 aliphatic rings. The number of para-hydroxylation sites is 1. The van der Waals surface area contributed by atoms with Crippen molar-refractivity contribution in [3.8, 4) is 0 Å². The van der Waals surface area contributed by atoms with Gasteiger partial charge in [0, 0.05) is 17.7 Å². The highest BCUT2D eigenvalue weighted by atomic mass is 19.1. The molecule has 14 heavy (non-hydrogen) atoms. The molecule has 4 heteroatoms. The van der Waals surface area contributed by atoms with Crippen LogP contribution in [0.2, 0.25) is 0 Å². The number of hydrogen-bond acceptors (Lipinski definition) is 2. The molecule has 0 unspecified atom stereocenters. The number of aryl methyl sites for hydroxylation is 1. The summed E-state index contributed by atoms with van der Waals surface area (Å²) in [6.45, 7) is 0.135. The van der Waals surface area contributed by atoms with Gasteiger partial charge < -0.3 is 5.11 Å². The predicted molar refractivity (Wildman–Crippen MR) is 51.5 cm³/mol. The monoisotopic (exact) mass is 194 g/mol. The molecule has 1 aromatic carbocycles. The molecule has 0 amide bonds. The maximum atomic E-state index is 13.2. The van der Waals surface area contributed by atoms with Gasteiger partial charge in [0.05, 0.1) is 0 Å². The van der Waals surface area contributed by atoms with Crippen molar-refractivity contribution < 1.29 is 9.50 Å². The lowest BCUT2D eigenvalue weighted by Crippen LogP contribution is -1.90.